The average Bonchev–Trinajstić information content (AvgIpc) is 3.07. The van der Waals surface area contributed by atoms with E-state index in [-0.39, 0.29) is 12.1 Å². The van der Waals surface area contributed by atoms with Crippen molar-refractivity contribution in [3.05, 3.63) is 58.3 Å². The van der Waals surface area contributed by atoms with E-state index in [1.807, 2.05) is 17.5 Å². The monoisotopic (exact) mass is 414 g/mol. The molecular weight excluding hydrogens is 386 g/mol. The van der Waals surface area contributed by atoms with E-state index in [1.54, 1.807) is 50.3 Å². The summed E-state index contributed by atoms with van der Waals surface area (Å²) in [6.07, 6.45) is -2.38. The lowest BCUT2D eigenvalue weighted by Crippen LogP contribution is -2.31. The summed E-state index contributed by atoms with van der Waals surface area (Å²) >= 11 is 1.59. The smallest absolute Gasteiger partial charge is 0.405 e. The molecule has 156 valence electrons. The maximum absolute atomic E-state index is 13.9. The number of carbonyl (C=O) groups excluding carboxylic acids is 1. The zero-order chi connectivity index (χ0) is 21.2. The predicted octanol–water partition coefficient (Wildman–Crippen LogP) is 4.26. The standard InChI is InChI=1S/C15H17F2NOS.C5H11NO2/c16-15(17,12-5-2-1-3-6-12)9-13(19)10-18-11-14-7-4-8-20-14;1-5(2,3)8-4(6)7/h1-8,13,18-19H,9-11H2;1-3H3,(H2,6,7). The third kappa shape index (κ3) is 10.3. The van der Waals surface area contributed by atoms with Gasteiger partial charge in [-0.3, -0.25) is 0 Å². The van der Waals surface area contributed by atoms with E-state index in [4.69, 9.17) is 5.73 Å². The summed E-state index contributed by atoms with van der Waals surface area (Å²) in [5.74, 6) is -3.01. The number of amides is 1. The Labute approximate surface area is 168 Å². The summed E-state index contributed by atoms with van der Waals surface area (Å²) in [5.41, 5.74) is 4.21. The first-order valence-corrected chi connectivity index (χ1v) is 9.70. The summed E-state index contributed by atoms with van der Waals surface area (Å²) < 4.78 is 32.4. The molecular formula is C20H28F2N2O3S. The number of rotatable bonds is 7. The van der Waals surface area contributed by atoms with Gasteiger partial charge in [-0.1, -0.05) is 36.4 Å². The van der Waals surface area contributed by atoms with Gasteiger partial charge in [0.2, 0.25) is 0 Å². The van der Waals surface area contributed by atoms with Crippen LogP contribution in [0.25, 0.3) is 0 Å². The summed E-state index contributed by atoms with van der Waals surface area (Å²) in [4.78, 5) is 11.1. The number of nitrogens with two attached hydrogens (primary N) is 1. The molecule has 1 aromatic heterocycles. The lowest BCUT2D eigenvalue weighted by molar-refractivity contribution is -0.0493. The summed E-state index contributed by atoms with van der Waals surface area (Å²) in [6.45, 7) is 6.03. The molecule has 0 aliphatic carbocycles. The van der Waals surface area contributed by atoms with Crippen molar-refractivity contribution in [2.75, 3.05) is 6.54 Å². The number of hydrogen-bond acceptors (Lipinski definition) is 5. The van der Waals surface area contributed by atoms with Gasteiger partial charge in [0.05, 0.1) is 6.10 Å². The van der Waals surface area contributed by atoms with E-state index in [9.17, 15) is 18.7 Å². The van der Waals surface area contributed by atoms with E-state index < -0.39 is 30.1 Å². The highest BCUT2D eigenvalue weighted by atomic mass is 32.1. The minimum atomic E-state index is -3.01. The van der Waals surface area contributed by atoms with Gasteiger partial charge < -0.3 is 20.9 Å². The number of aliphatic hydroxyl groups excluding tert-OH is 1. The molecule has 1 heterocycles. The van der Waals surface area contributed by atoms with Crippen LogP contribution in [0.3, 0.4) is 0 Å². The molecule has 0 spiro atoms. The van der Waals surface area contributed by atoms with Crippen LogP contribution in [-0.2, 0) is 17.2 Å². The van der Waals surface area contributed by atoms with Gasteiger partial charge in [0, 0.05) is 30.0 Å². The fraction of sp³-hybridized carbons (Fsp3) is 0.450. The lowest BCUT2D eigenvalue weighted by atomic mass is 10.0. The van der Waals surface area contributed by atoms with Crippen LogP contribution in [0.4, 0.5) is 13.6 Å². The Morgan fingerprint density at radius 3 is 2.32 bits per heavy atom. The van der Waals surface area contributed by atoms with Crippen LogP contribution in [-0.4, -0.2) is 29.4 Å². The molecule has 8 heteroatoms. The topological polar surface area (TPSA) is 84.6 Å². The quantitative estimate of drug-likeness (QED) is 0.632. The second kappa shape index (κ2) is 11.1. The zero-order valence-electron chi connectivity index (χ0n) is 16.3. The van der Waals surface area contributed by atoms with Crippen LogP contribution in [0.2, 0.25) is 0 Å². The molecule has 1 unspecified atom stereocenters. The molecule has 28 heavy (non-hydrogen) atoms. The van der Waals surface area contributed by atoms with Crippen LogP contribution < -0.4 is 11.1 Å². The number of benzene rings is 1. The highest BCUT2D eigenvalue weighted by Gasteiger charge is 2.33. The fourth-order valence-corrected chi connectivity index (χ4v) is 2.92. The Kier molecular flexibility index (Phi) is 9.51. The van der Waals surface area contributed by atoms with Gasteiger partial charge in [-0.05, 0) is 32.2 Å². The molecule has 2 rings (SSSR count). The highest BCUT2D eigenvalue weighted by molar-refractivity contribution is 7.09. The van der Waals surface area contributed by atoms with Crippen LogP contribution in [0.5, 0.6) is 0 Å². The summed E-state index contributed by atoms with van der Waals surface area (Å²) in [7, 11) is 0. The first-order chi connectivity index (χ1) is 13.0. The van der Waals surface area contributed by atoms with Crippen molar-refractivity contribution in [3.8, 4) is 0 Å². The number of alkyl halides is 2. The van der Waals surface area contributed by atoms with E-state index in [0.717, 1.165) is 4.88 Å². The van der Waals surface area contributed by atoms with E-state index in [2.05, 4.69) is 10.1 Å². The number of ether oxygens (including phenoxy) is 1. The van der Waals surface area contributed by atoms with E-state index in [0.29, 0.717) is 6.54 Å². The Morgan fingerprint density at radius 1 is 1.21 bits per heavy atom. The van der Waals surface area contributed by atoms with Crippen LogP contribution in [0.15, 0.2) is 47.8 Å². The number of thiophene rings is 1. The minimum absolute atomic E-state index is 0.0580. The molecule has 0 saturated carbocycles. The van der Waals surface area contributed by atoms with Gasteiger partial charge in [0.1, 0.15) is 5.60 Å². The fourth-order valence-electron chi connectivity index (χ4n) is 2.24. The number of aliphatic hydroxyl groups is 1. The number of halogens is 2. The molecule has 1 amide bonds. The SMILES string of the molecule is CC(C)(C)OC(N)=O.OC(CNCc1cccs1)CC(F)(F)c1ccccc1. The van der Waals surface area contributed by atoms with Crippen molar-refractivity contribution in [2.24, 2.45) is 5.73 Å². The van der Waals surface area contributed by atoms with Gasteiger partial charge in [-0.2, -0.15) is 0 Å². The zero-order valence-corrected chi connectivity index (χ0v) is 17.1. The minimum Gasteiger partial charge on any atom is -0.444 e. The van der Waals surface area contributed by atoms with Crippen molar-refractivity contribution in [1.82, 2.24) is 5.32 Å². The molecule has 1 aromatic carbocycles. The molecule has 0 saturated heterocycles. The molecule has 1 atom stereocenters. The third-order valence-electron chi connectivity index (χ3n) is 3.35. The maximum atomic E-state index is 13.9. The van der Waals surface area contributed by atoms with Gasteiger partial charge in [0.15, 0.2) is 0 Å². The molecule has 2 aromatic rings. The van der Waals surface area contributed by atoms with E-state index >= 15 is 0 Å². The van der Waals surface area contributed by atoms with Crippen molar-refractivity contribution in [1.29, 1.82) is 0 Å². The van der Waals surface area contributed by atoms with Gasteiger partial charge in [-0.25, -0.2) is 13.6 Å². The molecule has 0 radical (unpaired) electrons. The Bertz CT molecular complexity index is 689. The van der Waals surface area contributed by atoms with Crippen LogP contribution in [0.1, 0.15) is 37.6 Å². The molecule has 0 aliphatic rings. The molecule has 0 aliphatic heterocycles. The Morgan fingerprint density at radius 2 is 1.86 bits per heavy atom. The molecule has 5 nitrogen and oxygen atoms in total. The normalized spacial score (nSPS) is 12.6. The van der Waals surface area contributed by atoms with Crippen LogP contribution in [0, 0.1) is 0 Å². The van der Waals surface area contributed by atoms with Crippen molar-refractivity contribution >= 4 is 17.4 Å². The maximum Gasteiger partial charge on any atom is 0.405 e. The van der Waals surface area contributed by atoms with E-state index in [1.165, 1.54) is 12.1 Å². The number of carbonyl (C=O) groups is 1. The molecule has 0 bridgehead atoms. The number of primary amides is 1. The molecule has 0 fully saturated rings. The largest absolute Gasteiger partial charge is 0.444 e. The van der Waals surface area contributed by atoms with Gasteiger partial charge in [0.25, 0.3) is 5.92 Å². The number of hydrogen-bond donors (Lipinski definition) is 3. The predicted molar refractivity (Wildman–Crippen MR) is 107 cm³/mol. The third-order valence-corrected chi connectivity index (χ3v) is 4.23. The van der Waals surface area contributed by atoms with Crippen molar-refractivity contribution in [3.63, 3.8) is 0 Å². The average molecular weight is 415 g/mol. The van der Waals surface area contributed by atoms with Gasteiger partial charge >= 0.3 is 6.09 Å². The highest BCUT2D eigenvalue weighted by Crippen LogP contribution is 2.32. The Hall–Kier alpha value is -2.03. The van der Waals surface area contributed by atoms with Crippen molar-refractivity contribution in [2.45, 2.75) is 51.4 Å². The lowest BCUT2D eigenvalue weighted by Gasteiger charge is -2.20. The summed E-state index contributed by atoms with van der Waals surface area (Å²) in [5, 5.41) is 14.7. The first kappa shape index (κ1) is 24.0. The number of nitrogens with one attached hydrogen (secondary N) is 1. The van der Waals surface area contributed by atoms with Crippen LogP contribution >= 0.6 is 11.3 Å². The van der Waals surface area contributed by atoms with Crippen molar-refractivity contribution < 1.29 is 23.4 Å². The van der Waals surface area contributed by atoms with Gasteiger partial charge in [-0.15, -0.1) is 11.3 Å². The second-order valence-corrected chi connectivity index (χ2v) is 8.20. The summed E-state index contributed by atoms with van der Waals surface area (Å²) in [6, 6.07) is 11.5. The Balaban J connectivity index is 0.000000416. The molecule has 4 N–H and O–H groups in total. The second-order valence-electron chi connectivity index (χ2n) is 7.17. The first-order valence-electron chi connectivity index (χ1n) is 8.82.